The lowest BCUT2D eigenvalue weighted by atomic mass is 10.0. The van der Waals surface area contributed by atoms with E-state index in [2.05, 4.69) is 42.4 Å². The van der Waals surface area contributed by atoms with Gasteiger partial charge < -0.3 is 5.32 Å². The van der Waals surface area contributed by atoms with Gasteiger partial charge in [-0.05, 0) is 32.4 Å². The van der Waals surface area contributed by atoms with Gasteiger partial charge >= 0.3 is 0 Å². The van der Waals surface area contributed by atoms with Crippen LogP contribution in [0.4, 0.5) is 5.82 Å². The zero-order chi connectivity index (χ0) is 9.42. The Labute approximate surface area is 78.7 Å². The van der Waals surface area contributed by atoms with Gasteiger partial charge in [0.25, 0.3) is 0 Å². The number of nitrogens with zero attached hydrogens (tertiary/aromatic N) is 1. The van der Waals surface area contributed by atoms with Crippen LogP contribution in [0, 0.1) is 13.8 Å². The van der Waals surface area contributed by atoms with Crippen molar-refractivity contribution in [2.24, 2.45) is 0 Å². The van der Waals surface area contributed by atoms with Crippen molar-refractivity contribution in [3.63, 3.8) is 0 Å². The molecule has 1 aromatic heterocycles. The molecule has 2 nitrogen and oxygen atoms in total. The van der Waals surface area contributed by atoms with Crippen molar-refractivity contribution < 1.29 is 0 Å². The fourth-order valence-corrected chi connectivity index (χ4v) is 1.67. The number of aromatic nitrogens is 1. The molecule has 1 unspecified atom stereocenters. The highest BCUT2D eigenvalue weighted by Gasteiger charge is 2.11. The summed E-state index contributed by atoms with van der Waals surface area (Å²) in [6.07, 6.45) is 4.31. The van der Waals surface area contributed by atoms with Crippen LogP contribution in [0.5, 0.6) is 0 Å². The molecule has 1 N–H and O–H groups in total. The number of aryl methyl sites for hydroxylation is 2. The molecule has 13 heavy (non-hydrogen) atoms. The van der Waals surface area contributed by atoms with Gasteiger partial charge in [-0.25, -0.2) is 4.98 Å². The molecule has 0 radical (unpaired) electrons. The minimum Gasteiger partial charge on any atom is -0.364 e. The van der Waals surface area contributed by atoms with Gasteiger partial charge in [-0.3, -0.25) is 0 Å². The van der Waals surface area contributed by atoms with E-state index in [-0.39, 0.29) is 0 Å². The summed E-state index contributed by atoms with van der Waals surface area (Å²) in [7, 11) is 0. The minimum absolute atomic E-state index is 0.390. The first-order chi connectivity index (χ1) is 6.16. The Bertz CT molecular complexity index is 367. The van der Waals surface area contributed by atoms with E-state index in [1.54, 1.807) is 0 Å². The third-order valence-electron chi connectivity index (χ3n) is 2.31. The summed E-state index contributed by atoms with van der Waals surface area (Å²) in [6.45, 7) is 6.27. The van der Waals surface area contributed by atoms with Crippen molar-refractivity contribution in [3.05, 3.63) is 29.0 Å². The van der Waals surface area contributed by atoms with E-state index >= 15 is 0 Å². The highest BCUT2D eigenvalue weighted by Crippen LogP contribution is 2.24. The molecule has 68 valence electrons. The van der Waals surface area contributed by atoms with E-state index in [1.165, 1.54) is 11.1 Å². The molecule has 0 saturated heterocycles. The van der Waals surface area contributed by atoms with Gasteiger partial charge in [0.1, 0.15) is 5.82 Å². The van der Waals surface area contributed by atoms with Crippen molar-refractivity contribution in [2.45, 2.75) is 26.8 Å². The predicted octanol–water partition coefficient (Wildman–Crippen LogP) is 2.53. The Hall–Kier alpha value is -1.31. The Morgan fingerprint density at radius 3 is 2.92 bits per heavy atom. The van der Waals surface area contributed by atoms with E-state index in [0.29, 0.717) is 6.04 Å². The second-order valence-corrected chi connectivity index (χ2v) is 3.63. The zero-order valence-corrected chi connectivity index (χ0v) is 8.26. The summed E-state index contributed by atoms with van der Waals surface area (Å²) in [4.78, 5) is 4.46. The summed E-state index contributed by atoms with van der Waals surface area (Å²) in [5.41, 5.74) is 3.59. The minimum atomic E-state index is 0.390. The number of hydrogen-bond acceptors (Lipinski definition) is 2. The molecule has 0 fully saturated rings. The first kappa shape index (κ1) is 8.30. The average molecular weight is 174 g/mol. The van der Waals surface area contributed by atoms with Crippen LogP contribution in [0.25, 0.3) is 6.08 Å². The van der Waals surface area contributed by atoms with Crippen LogP contribution in [-0.4, -0.2) is 11.0 Å². The lowest BCUT2D eigenvalue weighted by Crippen LogP contribution is -2.17. The van der Waals surface area contributed by atoms with Crippen LogP contribution in [0.2, 0.25) is 0 Å². The normalized spacial score (nSPS) is 19.5. The van der Waals surface area contributed by atoms with Crippen molar-refractivity contribution in [2.75, 3.05) is 5.32 Å². The smallest absolute Gasteiger partial charge is 0.134 e. The first-order valence-electron chi connectivity index (χ1n) is 4.60. The third kappa shape index (κ3) is 1.44. The van der Waals surface area contributed by atoms with Gasteiger partial charge in [-0.1, -0.05) is 12.2 Å². The van der Waals surface area contributed by atoms with E-state index in [4.69, 9.17) is 0 Å². The van der Waals surface area contributed by atoms with Crippen molar-refractivity contribution in [1.29, 1.82) is 0 Å². The molecule has 2 rings (SSSR count). The average Bonchev–Trinajstić information content (AvgIpc) is 2.02. The fraction of sp³-hybridized carbons (Fsp3) is 0.364. The molecule has 0 bridgehead atoms. The number of hydrogen-bond donors (Lipinski definition) is 1. The maximum absolute atomic E-state index is 4.46. The van der Waals surface area contributed by atoms with Crippen LogP contribution < -0.4 is 5.32 Å². The molecule has 0 amide bonds. The number of fused-ring (bicyclic) bond motifs is 1. The maximum atomic E-state index is 4.46. The Morgan fingerprint density at radius 1 is 1.38 bits per heavy atom. The Morgan fingerprint density at radius 2 is 2.15 bits per heavy atom. The van der Waals surface area contributed by atoms with Crippen LogP contribution >= 0.6 is 0 Å². The van der Waals surface area contributed by atoms with Crippen LogP contribution in [0.1, 0.15) is 23.7 Å². The van der Waals surface area contributed by atoms with Gasteiger partial charge in [0, 0.05) is 17.3 Å². The highest BCUT2D eigenvalue weighted by molar-refractivity contribution is 5.70. The molecule has 0 saturated carbocycles. The molecule has 2 heteroatoms. The van der Waals surface area contributed by atoms with Crippen LogP contribution in [0.15, 0.2) is 12.1 Å². The lowest BCUT2D eigenvalue weighted by molar-refractivity contribution is 0.962. The standard InChI is InChI=1S/C11H14N2/c1-7-6-9(3)13-11-10(7)5-4-8(2)12-11/h4-6,8H,1-3H3,(H,12,13). The number of pyridine rings is 1. The van der Waals surface area contributed by atoms with Gasteiger partial charge in [0.05, 0.1) is 0 Å². The second kappa shape index (κ2) is 2.87. The van der Waals surface area contributed by atoms with Gasteiger partial charge in [-0.2, -0.15) is 0 Å². The largest absolute Gasteiger partial charge is 0.364 e. The first-order valence-corrected chi connectivity index (χ1v) is 4.60. The van der Waals surface area contributed by atoms with Crippen LogP contribution in [-0.2, 0) is 0 Å². The summed E-state index contributed by atoms with van der Waals surface area (Å²) in [6, 6.07) is 2.50. The zero-order valence-electron chi connectivity index (χ0n) is 8.26. The molecule has 0 aromatic carbocycles. The highest BCUT2D eigenvalue weighted by atomic mass is 15.0. The van der Waals surface area contributed by atoms with Crippen molar-refractivity contribution in [1.82, 2.24) is 4.98 Å². The van der Waals surface area contributed by atoms with E-state index < -0.39 is 0 Å². The van der Waals surface area contributed by atoms with E-state index in [1.807, 2.05) is 6.92 Å². The fourth-order valence-electron chi connectivity index (χ4n) is 1.67. The topological polar surface area (TPSA) is 24.9 Å². The molecular weight excluding hydrogens is 160 g/mol. The molecular formula is C11H14N2. The summed E-state index contributed by atoms with van der Waals surface area (Å²) in [5.74, 6) is 1.02. The molecule has 2 heterocycles. The third-order valence-corrected chi connectivity index (χ3v) is 2.31. The molecule has 0 spiro atoms. The Kier molecular flexibility index (Phi) is 1.83. The van der Waals surface area contributed by atoms with Gasteiger partial charge in [-0.15, -0.1) is 0 Å². The molecule has 1 aliphatic rings. The SMILES string of the molecule is Cc1cc(C)c2c(n1)NC(C)C=C2. The maximum Gasteiger partial charge on any atom is 0.134 e. The summed E-state index contributed by atoms with van der Waals surface area (Å²) >= 11 is 0. The number of nitrogens with one attached hydrogen (secondary N) is 1. The summed E-state index contributed by atoms with van der Waals surface area (Å²) in [5, 5.41) is 3.34. The second-order valence-electron chi connectivity index (χ2n) is 3.63. The Balaban J connectivity index is 2.56. The van der Waals surface area contributed by atoms with Crippen molar-refractivity contribution in [3.8, 4) is 0 Å². The molecule has 1 atom stereocenters. The van der Waals surface area contributed by atoms with Crippen molar-refractivity contribution >= 4 is 11.9 Å². The quantitative estimate of drug-likeness (QED) is 0.653. The van der Waals surface area contributed by atoms with Gasteiger partial charge in [0.15, 0.2) is 0 Å². The molecule has 1 aromatic rings. The summed E-state index contributed by atoms with van der Waals surface area (Å²) < 4.78 is 0. The van der Waals surface area contributed by atoms with E-state index in [9.17, 15) is 0 Å². The predicted molar refractivity (Wildman–Crippen MR) is 55.8 cm³/mol. The molecule has 0 aliphatic carbocycles. The lowest BCUT2D eigenvalue weighted by Gasteiger charge is -2.19. The number of anilines is 1. The van der Waals surface area contributed by atoms with Crippen LogP contribution in [0.3, 0.4) is 0 Å². The number of rotatable bonds is 0. The van der Waals surface area contributed by atoms with E-state index in [0.717, 1.165) is 11.5 Å². The monoisotopic (exact) mass is 174 g/mol. The van der Waals surface area contributed by atoms with Gasteiger partial charge in [0.2, 0.25) is 0 Å². The molecule has 1 aliphatic heterocycles.